The van der Waals surface area contributed by atoms with E-state index in [0.29, 0.717) is 31.2 Å². The summed E-state index contributed by atoms with van der Waals surface area (Å²) in [5, 5.41) is 6.27. The van der Waals surface area contributed by atoms with Gasteiger partial charge in [0.25, 0.3) is 0 Å². The van der Waals surface area contributed by atoms with Crippen LogP contribution >= 0.6 is 11.8 Å². The maximum Gasteiger partial charge on any atom is 0.328 e. The fourth-order valence-corrected chi connectivity index (χ4v) is 3.33. The SMILES string of the molecule is CCOC(=O)[C@H]1CCCCN1C(=O)CSCC(=O)Nc1cc(C)on1. The van der Waals surface area contributed by atoms with Gasteiger partial charge in [-0.15, -0.1) is 11.8 Å². The molecule has 2 rings (SSSR count). The van der Waals surface area contributed by atoms with Gasteiger partial charge in [-0.1, -0.05) is 5.16 Å². The Bertz CT molecular complexity index is 619. The molecule has 0 bridgehead atoms. The monoisotopic (exact) mass is 369 g/mol. The number of aromatic nitrogens is 1. The molecule has 1 saturated heterocycles. The number of ether oxygens (including phenoxy) is 1. The highest BCUT2D eigenvalue weighted by Gasteiger charge is 2.32. The maximum atomic E-state index is 12.4. The Kier molecular flexibility index (Phi) is 7.30. The normalized spacial score (nSPS) is 17.2. The summed E-state index contributed by atoms with van der Waals surface area (Å²) in [6, 6.07) is 1.11. The number of aryl methyl sites for hydroxylation is 1. The number of likely N-dealkylation sites (tertiary alicyclic amines) is 1. The van der Waals surface area contributed by atoms with Gasteiger partial charge in [0.15, 0.2) is 5.82 Å². The second kappa shape index (κ2) is 9.45. The molecule has 1 atom stereocenters. The van der Waals surface area contributed by atoms with Gasteiger partial charge in [-0.3, -0.25) is 9.59 Å². The molecule has 0 unspecified atom stereocenters. The molecule has 1 aromatic rings. The van der Waals surface area contributed by atoms with Crippen molar-refractivity contribution < 1.29 is 23.6 Å². The molecular weight excluding hydrogens is 346 g/mol. The summed E-state index contributed by atoms with van der Waals surface area (Å²) in [5.74, 6) is 0.469. The van der Waals surface area contributed by atoms with E-state index in [-0.39, 0.29) is 29.3 Å². The highest BCUT2D eigenvalue weighted by molar-refractivity contribution is 8.00. The number of nitrogens with one attached hydrogen (secondary N) is 1. The van der Waals surface area contributed by atoms with Crippen molar-refractivity contribution in [1.29, 1.82) is 0 Å². The van der Waals surface area contributed by atoms with E-state index in [2.05, 4.69) is 10.5 Å². The van der Waals surface area contributed by atoms with Crippen LogP contribution in [0.3, 0.4) is 0 Å². The summed E-state index contributed by atoms with van der Waals surface area (Å²) < 4.78 is 9.92. The van der Waals surface area contributed by atoms with Gasteiger partial charge >= 0.3 is 5.97 Å². The third kappa shape index (κ3) is 5.77. The van der Waals surface area contributed by atoms with Crippen molar-refractivity contribution >= 4 is 35.4 Å². The third-order valence-corrected chi connectivity index (χ3v) is 4.65. The van der Waals surface area contributed by atoms with E-state index < -0.39 is 6.04 Å². The van der Waals surface area contributed by atoms with Gasteiger partial charge in [-0.25, -0.2) is 4.79 Å². The van der Waals surface area contributed by atoms with E-state index in [1.54, 1.807) is 24.8 Å². The standard InChI is InChI=1S/C16H23N3O5S/c1-3-23-16(22)12-6-4-5-7-19(12)15(21)10-25-9-14(20)17-13-8-11(2)24-18-13/h8,12H,3-7,9-10H2,1-2H3,(H,17,18,20)/t12-/m1/s1. The number of hydrogen-bond acceptors (Lipinski definition) is 7. The zero-order valence-corrected chi connectivity index (χ0v) is 15.3. The van der Waals surface area contributed by atoms with Crippen LogP contribution in [-0.4, -0.2) is 58.5 Å². The van der Waals surface area contributed by atoms with E-state index in [1.807, 2.05) is 0 Å². The summed E-state index contributed by atoms with van der Waals surface area (Å²) in [6.07, 6.45) is 2.40. The summed E-state index contributed by atoms with van der Waals surface area (Å²) in [4.78, 5) is 37.8. The number of thioether (sulfide) groups is 1. The lowest BCUT2D eigenvalue weighted by Crippen LogP contribution is -2.49. The predicted octanol–water partition coefficient (Wildman–Crippen LogP) is 1.60. The Balaban J connectivity index is 1.77. The van der Waals surface area contributed by atoms with E-state index in [1.165, 1.54) is 11.8 Å². The van der Waals surface area contributed by atoms with Crippen molar-refractivity contribution in [2.24, 2.45) is 0 Å². The van der Waals surface area contributed by atoms with Gasteiger partial charge in [0.2, 0.25) is 11.8 Å². The number of carbonyl (C=O) groups excluding carboxylic acids is 3. The predicted molar refractivity (Wildman–Crippen MR) is 93.2 cm³/mol. The van der Waals surface area contributed by atoms with Gasteiger partial charge in [0.05, 0.1) is 18.1 Å². The van der Waals surface area contributed by atoms with Gasteiger partial charge in [-0.05, 0) is 33.1 Å². The molecule has 1 N–H and O–H groups in total. The largest absolute Gasteiger partial charge is 0.464 e. The molecule has 1 aliphatic rings. The summed E-state index contributed by atoms with van der Waals surface area (Å²) in [7, 11) is 0. The molecule has 25 heavy (non-hydrogen) atoms. The lowest BCUT2D eigenvalue weighted by atomic mass is 10.0. The maximum absolute atomic E-state index is 12.4. The van der Waals surface area contributed by atoms with Crippen LogP contribution in [0.5, 0.6) is 0 Å². The first kappa shape index (κ1) is 19.3. The van der Waals surface area contributed by atoms with Crippen LogP contribution in [-0.2, 0) is 19.1 Å². The van der Waals surface area contributed by atoms with Crippen LogP contribution in [0.4, 0.5) is 5.82 Å². The first-order chi connectivity index (χ1) is 12.0. The molecule has 2 amide bonds. The van der Waals surface area contributed by atoms with Crippen LogP contribution in [0.15, 0.2) is 10.6 Å². The smallest absolute Gasteiger partial charge is 0.328 e. The molecule has 0 saturated carbocycles. The van der Waals surface area contributed by atoms with Gasteiger partial charge in [0, 0.05) is 12.6 Å². The third-order valence-electron chi connectivity index (χ3n) is 3.74. The second-order valence-corrected chi connectivity index (χ2v) is 6.70. The molecule has 2 heterocycles. The van der Waals surface area contributed by atoms with Gasteiger partial charge in [-0.2, -0.15) is 0 Å². The van der Waals surface area contributed by atoms with Gasteiger partial charge < -0.3 is 19.5 Å². The topological polar surface area (TPSA) is 102 Å². The van der Waals surface area contributed by atoms with Crippen LogP contribution in [0.2, 0.25) is 0 Å². The lowest BCUT2D eigenvalue weighted by molar-refractivity contribution is -0.155. The van der Waals surface area contributed by atoms with Crippen LogP contribution in [0.25, 0.3) is 0 Å². The zero-order valence-electron chi connectivity index (χ0n) is 14.4. The molecule has 1 aliphatic heterocycles. The van der Waals surface area contributed by atoms with E-state index in [4.69, 9.17) is 9.26 Å². The molecule has 138 valence electrons. The minimum Gasteiger partial charge on any atom is -0.464 e. The molecule has 0 spiro atoms. The van der Waals surface area contributed by atoms with Crippen molar-refractivity contribution in [1.82, 2.24) is 10.1 Å². The van der Waals surface area contributed by atoms with E-state index in [9.17, 15) is 14.4 Å². The minimum absolute atomic E-state index is 0.121. The summed E-state index contributed by atoms with van der Waals surface area (Å²) in [6.45, 7) is 4.33. The molecule has 0 radical (unpaired) electrons. The van der Waals surface area contributed by atoms with E-state index >= 15 is 0 Å². The van der Waals surface area contributed by atoms with Crippen molar-refractivity contribution in [2.45, 2.75) is 39.2 Å². The van der Waals surface area contributed by atoms with Gasteiger partial charge in [0.1, 0.15) is 11.8 Å². The van der Waals surface area contributed by atoms with Crippen molar-refractivity contribution in [3.05, 3.63) is 11.8 Å². The van der Waals surface area contributed by atoms with Crippen molar-refractivity contribution in [3.63, 3.8) is 0 Å². The number of nitrogens with zero attached hydrogens (tertiary/aromatic N) is 2. The first-order valence-corrected chi connectivity index (χ1v) is 9.43. The second-order valence-electron chi connectivity index (χ2n) is 5.71. The Labute approximate surface area is 150 Å². The molecule has 9 heteroatoms. The average molecular weight is 369 g/mol. The first-order valence-electron chi connectivity index (χ1n) is 8.28. The number of anilines is 1. The molecule has 1 fully saturated rings. The summed E-state index contributed by atoms with van der Waals surface area (Å²) in [5.41, 5.74) is 0. The molecular formula is C16H23N3O5S. The molecule has 0 aromatic carbocycles. The minimum atomic E-state index is -0.506. The van der Waals surface area contributed by atoms with E-state index in [0.717, 1.165) is 12.8 Å². The lowest BCUT2D eigenvalue weighted by Gasteiger charge is -2.34. The van der Waals surface area contributed by atoms with Crippen LogP contribution in [0.1, 0.15) is 31.9 Å². The van der Waals surface area contributed by atoms with Crippen molar-refractivity contribution in [3.8, 4) is 0 Å². The Morgan fingerprint density at radius 3 is 2.88 bits per heavy atom. The summed E-state index contributed by atoms with van der Waals surface area (Å²) >= 11 is 1.20. The highest BCUT2D eigenvalue weighted by atomic mass is 32.2. The molecule has 1 aromatic heterocycles. The fraction of sp³-hybridized carbons (Fsp3) is 0.625. The fourth-order valence-electron chi connectivity index (χ4n) is 2.63. The number of esters is 1. The number of piperidine rings is 1. The van der Waals surface area contributed by atoms with Crippen LogP contribution < -0.4 is 5.32 Å². The Morgan fingerprint density at radius 1 is 1.40 bits per heavy atom. The average Bonchev–Trinajstić information content (AvgIpc) is 2.99. The Hall–Kier alpha value is -2.03. The number of carbonyl (C=O) groups is 3. The molecule has 0 aliphatic carbocycles. The Morgan fingerprint density at radius 2 is 2.20 bits per heavy atom. The highest BCUT2D eigenvalue weighted by Crippen LogP contribution is 2.20. The quantitative estimate of drug-likeness (QED) is 0.728. The zero-order chi connectivity index (χ0) is 18.2. The van der Waals surface area contributed by atoms with Crippen LogP contribution in [0, 0.1) is 6.92 Å². The molecule has 8 nitrogen and oxygen atoms in total. The number of rotatable bonds is 7. The number of hydrogen-bond donors (Lipinski definition) is 1. The van der Waals surface area contributed by atoms with Crippen molar-refractivity contribution in [2.75, 3.05) is 30.0 Å². The number of amides is 2.